The summed E-state index contributed by atoms with van der Waals surface area (Å²) in [5, 5.41) is 3.04. The number of fused-ring (bicyclic) bond motifs is 1. The van der Waals surface area contributed by atoms with Crippen LogP contribution >= 0.6 is 0 Å². The number of nitrogens with zero attached hydrogens (tertiary/aromatic N) is 1. The summed E-state index contributed by atoms with van der Waals surface area (Å²) in [7, 11) is 1.64. The third-order valence-corrected chi connectivity index (χ3v) is 4.55. The number of anilines is 1. The highest BCUT2D eigenvalue weighted by Gasteiger charge is 2.25. The normalized spacial score (nSPS) is 16.1. The van der Waals surface area contributed by atoms with Gasteiger partial charge < -0.3 is 15.0 Å². The number of rotatable bonds is 6. The first-order valence-electron chi connectivity index (χ1n) is 8.40. The maximum atomic E-state index is 12.5. The van der Waals surface area contributed by atoms with Gasteiger partial charge in [0.05, 0.1) is 6.61 Å². The molecule has 1 heterocycles. The molecule has 4 nitrogen and oxygen atoms in total. The molecule has 4 heteroatoms. The first-order valence-corrected chi connectivity index (χ1v) is 8.40. The van der Waals surface area contributed by atoms with E-state index in [1.807, 2.05) is 24.3 Å². The van der Waals surface area contributed by atoms with Crippen molar-refractivity contribution in [2.45, 2.75) is 26.0 Å². The van der Waals surface area contributed by atoms with Gasteiger partial charge in [0, 0.05) is 37.5 Å². The van der Waals surface area contributed by atoms with Crippen LogP contribution in [-0.4, -0.2) is 32.1 Å². The summed E-state index contributed by atoms with van der Waals surface area (Å²) in [6.45, 7) is 4.12. The van der Waals surface area contributed by atoms with Crippen LogP contribution in [0.1, 0.15) is 28.4 Å². The van der Waals surface area contributed by atoms with Crippen molar-refractivity contribution in [1.29, 1.82) is 0 Å². The zero-order valence-electron chi connectivity index (χ0n) is 14.3. The Kier molecular flexibility index (Phi) is 5.16. The molecule has 0 fully saturated rings. The summed E-state index contributed by atoms with van der Waals surface area (Å²) < 4.78 is 5.17. The molecule has 1 atom stereocenters. The molecule has 2 aromatic rings. The second-order valence-corrected chi connectivity index (χ2v) is 6.22. The summed E-state index contributed by atoms with van der Waals surface area (Å²) in [6.07, 6.45) is 1.07. The molecule has 0 aromatic heterocycles. The van der Waals surface area contributed by atoms with Crippen molar-refractivity contribution >= 4 is 11.6 Å². The van der Waals surface area contributed by atoms with Crippen molar-refractivity contribution < 1.29 is 9.53 Å². The highest BCUT2D eigenvalue weighted by Crippen LogP contribution is 2.31. The lowest BCUT2D eigenvalue weighted by Gasteiger charge is -2.25. The highest BCUT2D eigenvalue weighted by molar-refractivity contribution is 5.95. The fraction of sp³-hybridized carbons (Fsp3) is 0.350. The molecule has 1 amide bonds. The fourth-order valence-corrected chi connectivity index (χ4v) is 3.38. The summed E-state index contributed by atoms with van der Waals surface area (Å²) in [6, 6.07) is 16.6. The molecule has 126 valence electrons. The van der Waals surface area contributed by atoms with Gasteiger partial charge in [-0.1, -0.05) is 36.4 Å². The van der Waals surface area contributed by atoms with Crippen LogP contribution in [0.3, 0.4) is 0 Å². The highest BCUT2D eigenvalue weighted by atomic mass is 16.5. The Labute approximate surface area is 143 Å². The predicted molar refractivity (Wildman–Crippen MR) is 96.4 cm³/mol. The Hall–Kier alpha value is -2.33. The van der Waals surface area contributed by atoms with Crippen molar-refractivity contribution in [2.24, 2.45) is 0 Å². The van der Waals surface area contributed by atoms with E-state index in [-0.39, 0.29) is 5.91 Å². The van der Waals surface area contributed by atoms with E-state index in [2.05, 4.69) is 41.4 Å². The number of carbonyl (C=O) groups is 1. The van der Waals surface area contributed by atoms with Gasteiger partial charge in [0.25, 0.3) is 5.91 Å². The standard InChI is InChI=1S/C20H24N2O2/c1-15-13-16-7-4-6-10-19(16)22(15)12-11-21-20(23)18-9-5-3-8-17(18)14-24-2/h3-10,15H,11-14H2,1-2H3,(H,21,23). The Morgan fingerprint density at radius 1 is 1.21 bits per heavy atom. The fourth-order valence-electron chi connectivity index (χ4n) is 3.38. The number of amides is 1. The molecule has 0 radical (unpaired) electrons. The molecule has 24 heavy (non-hydrogen) atoms. The minimum atomic E-state index is -0.0391. The molecule has 3 rings (SSSR count). The van der Waals surface area contributed by atoms with Crippen LogP contribution in [0.4, 0.5) is 5.69 Å². The molecule has 0 bridgehead atoms. The molecule has 1 aliphatic heterocycles. The lowest BCUT2D eigenvalue weighted by molar-refractivity contribution is 0.0949. The molecule has 1 aliphatic rings. The van der Waals surface area contributed by atoms with Crippen LogP contribution in [0.2, 0.25) is 0 Å². The van der Waals surface area contributed by atoms with Crippen LogP contribution in [0.15, 0.2) is 48.5 Å². The van der Waals surface area contributed by atoms with Crippen molar-refractivity contribution in [1.82, 2.24) is 5.32 Å². The topological polar surface area (TPSA) is 41.6 Å². The number of hydrogen-bond acceptors (Lipinski definition) is 3. The zero-order valence-corrected chi connectivity index (χ0v) is 14.3. The summed E-state index contributed by atoms with van der Waals surface area (Å²) in [5.74, 6) is -0.0391. The van der Waals surface area contributed by atoms with Gasteiger partial charge in [-0.15, -0.1) is 0 Å². The average molecular weight is 324 g/mol. The summed E-state index contributed by atoms with van der Waals surface area (Å²) in [4.78, 5) is 14.8. The smallest absolute Gasteiger partial charge is 0.251 e. The van der Waals surface area contributed by atoms with E-state index in [1.165, 1.54) is 11.3 Å². The van der Waals surface area contributed by atoms with Gasteiger partial charge in [-0.3, -0.25) is 4.79 Å². The Bertz CT molecular complexity index is 714. The third-order valence-electron chi connectivity index (χ3n) is 4.55. The van der Waals surface area contributed by atoms with Gasteiger partial charge in [-0.05, 0) is 36.6 Å². The number of carbonyl (C=O) groups excluding carboxylic acids is 1. The number of methoxy groups -OCH3 is 1. The van der Waals surface area contributed by atoms with Gasteiger partial charge in [-0.2, -0.15) is 0 Å². The maximum absolute atomic E-state index is 12.5. The van der Waals surface area contributed by atoms with Crippen molar-refractivity contribution in [2.75, 3.05) is 25.1 Å². The molecule has 0 spiro atoms. The predicted octanol–water partition coefficient (Wildman–Crippen LogP) is 3.01. The minimum Gasteiger partial charge on any atom is -0.380 e. The van der Waals surface area contributed by atoms with Crippen LogP contribution in [0.25, 0.3) is 0 Å². The van der Waals surface area contributed by atoms with Gasteiger partial charge in [0.15, 0.2) is 0 Å². The van der Waals surface area contributed by atoms with E-state index in [9.17, 15) is 4.79 Å². The Morgan fingerprint density at radius 2 is 1.96 bits per heavy atom. The average Bonchev–Trinajstić information content (AvgIpc) is 2.91. The van der Waals surface area contributed by atoms with Gasteiger partial charge in [-0.25, -0.2) is 0 Å². The van der Waals surface area contributed by atoms with E-state index in [1.54, 1.807) is 7.11 Å². The number of ether oxygens (including phenoxy) is 1. The van der Waals surface area contributed by atoms with Crippen LogP contribution in [-0.2, 0) is 17.8 Å². The Balaban J connectivity index is 1.60. The van der Waals surface area contributed by atoms with Crippen LogP contribution in [0, 0.1) is 0 Å². The summed E-state index contributed by atoms with van der Waals surface area (Å²) >= 11 is 0. The second-order valence-electron chi connectivity index (χ2n) is 6.22. The minimum absolute atomic E-state index is 0.0391. The molecule has 0 saturated heterocycles. The number of benzene rings is 2. The lowest BCUT2D eigenvalue weighted by Crippen LogP contribution is -2.38. The van der Waals surface area contributed by atoms with Crippen LogP contribution < -0.4 is 10.2 Å². The SMILES string of the molecule is COCc1ccccc1C(=O)NCCN1c2ccccc2CC1C. The van der Waals surface area contributed by atoms with Gasteiger partial charge >= 0.3 is 0 Å². The quantitative estimate of drug-likeness (QED) is 0.888. The van der Waals surface area contributed by atoms with Crippen molar-refractivity contribution in [3.05, 3.63) is 65.2 Å². The monoisotopic (exact) mass is 324 g/mol. The van der Waals surface area contributed by atoms with E-state index in [0.717, 1.165) is 18.5 Å². The van der Waals surface area contributed by atoms with E-state index >= 15 is 0 Å². The molecular formula is C20H24N2O2. The van der Waals surface area contributed by atoms with Gasteiger partial charge in [0.1, 0.15) is 0 Å². The zero-order chi connectivity index (χ0) is 16.9. The molecule has 1 N–H and O–H groups in total. The number of nitrogens with one attached hydrogen (secondary N) is 1. The molecular weight excluding hydrogens is 300 g/mol. The number of para-hydroxylation sites is 1. The molecule has 0 saturated carbocycles. The van der Waals surface area contributed by atoms with Gasteiger partial charge in [0.2, 0.25) is 0 Å². The molecule has 0 aliphatic carbocycles. The number of hydrogen-bond donors (Lipinski definition) is 1. The molecule has 2 aromatic carbocycles. The first kappa shape index (κ1) is 16.5. The van der Waals surface area contributed by atoms with Crippen molar-refractivity contribution in [3.8, 4) is 0 Å². The van der Waals surface area contributed by atoms with E-state index in [0.29, 0.717) is 24.8 Å². The second kappa shape index (κ2) is 7.49. The first-order chi connectivity index (χ1) is 11.7. The largest absolute Gasteiger partial charge is 0.380 e. The van der Waals surface area contributed by atoms with E-state index < -0.39 is 0 Å². The third kappa shape index (κ3) is 3.44. The molecule has 1 unspecified atom stereocenters. The van der Waals surface area contributed by atoms with Crippen LogP contribution in [0.5, 0.6) is 0 Å². The van der Waals surface area contributed by atoms with Crippen molar-refractivity contribution in [3.63, 3.8) is 0 Å². The maximum Gasteiger partial charge on any atom is 0.251 e. The van der Waals surface area contributed by atoms with E-state index in [4.69, 9.17) is 4.74 Å². The summed E-state index contributed by atoms with van der Waals surface area (Å²) in [5.41, 5.74) is 4.28. The lowest BCUT2D eigenvalue weighted by atomic mass is 10.1. The Morgan fingerprint density at radius 3 is 2.79 bits per heavy atom.